The lowest BCUT2D eigenvalue weighted by atomic mass is 9.76. The molecule has 4 rings (SSSR count). The van der Waals surface area contributed by atoms with Crippen LogP contribution in [0.5, 0.6) is 5.75 Å². The lowest BCUT2D eigenvalue weighted by Crippen LogP contribution is -2.47. The highest BCUT2D eigenvalue weighted by Crippen LogP contribution is 2.36. The van der Waals surface area contributed by atoms with E-state index in [0.717, 1.165) is 63.1 Å². The molecule has 3 heterocycles. The van der Waals surface area contributed by atoms with Crippen molar-refractivity contribution in [1.82, 2.24) is 9.88 Å². The fourth-order valence-electron chi connectivity index (χ4n) is 5.16. The number of nitrogens with zero attached hydrogens (tertiary/aromatic N) is 3. The summed E-state index contributed by atoms with van der Waals surface area (Å²) in [5, 5.41) is 0. The molecule has 0 spiro atoms. The Labute approximate surface area is 182 Å². The van der Waals surface area contributed by atoms with Gasteiger partial charge < -0.3 is 9.64 Å². The van der Waals surface area contributed by atoms with Crippen LogP contribution in [-0.2, 0) is 11.2 Å². The number of ketones is 1. The minimum Gasteiger partial charge on any atom is -0.489 e. The summed E-state index contributed by atoms with van der Waals surface area (Å²) in [7, 11) is 0. The van der Waals surface area contributed by atoms with E-state index in [4.69, 9.17) is 4.74 Å². The standard InChI is InChI=1S/C25H39N3O2/c1-25(2,3)22(29)18-20-6-4-19(5-7-20)9-12-27-13-15-28(16-14-27)24-23-21(8-11-26-24)10-17-30-23/h8,11,19-20H,4-7,9-10,12-18H2,1-3H3. The maximum Gasteiger partial charge on any atom is 0.171 e. The number of hydrogen-bond donors (Lipinski definition) is 0. The van der Waals surface area contributed by atoms with Gasteiger partial charge in [0.25, 0.3) is 0 Å². The first-order valence-corrected chi connectivity index (χ1v) is 12.0. The molecule has 1 aliphatic carbocycles. The third-order valence-corrected chi connectivity index (χ3v) is 7.39. The first kappa shape index (κ1) is 21.6. The summed E-state index contributed by atoms with van der Waals surface area (Å²) in [5.74, 6) is 3.98. The van der Waals surface area contributed by atoms with Crippen LogP contribution in [0.4, 0.5) is 5.82 Å². The van der Waals surface area contributed by atoms with Crippen LogP contribution in [0.15, 0.2) is 12.3 Å². The van der Waals surface area contributed by atoms with Crippen LogP contribution in [0.3, 0.4) is 0 Å². The first-order chi connectivity index (χ1) is 14.4. The van der Waals surface area contributed by atoms with Crippen LogP contribution in [0, 0.1) is 17.3 Å². The van der Waals surface area contributed by atoms with E-state index in [-0.39, 0.29) is 5.41 Å². The van der Waals surface area contributed by atoms with E-state index < -0.39 is 0 Å². The lowest BCUT2D eigenvalue weighted by Gasteiger charge is -2.37. The smallest absolute Gasteiger partial charge is 0.171 e. The number of carbonyl (C=O) groups is 1. The molecule has 0 atom stereocenters. The molecule has 0 unspecified atom stereocenters. The molecule has 166 valence electrons. The van der Waals surface area contributed by atoms with Gasteiger partial charge in [-0.3, -0.25) is 9.69 Å². The van der Waals surface area contributed by atoms with Crippen LogP contribution < -0.4 is 9.64 Å². The second kappa shape index (κ2) is 9.25. The topological polar surface area (TPSA) is 45.7 Å². The Morgan fingerprint density at radius 2 is 1.80 bits per heavy atom. The molecule has 1 aromatic heterocycles. The fraction of sp³-hybridized carbons (Fsp3) is 0.760. The largest absolute Gasteiger partial charge is 0.489 e. The maximum absolute atomic E-state index is 12.3. The van der Waals surface area contributed by atoms with Gasteiger partial charge in [0.2, 0.25) is 0 Å². The molecule has 5 nitrogen and oxygen atoms in total. The Balaban J connectivity index is 1.17. The van der Waals surface area contributed by atoms with E-state index in [1.54, 1.807) is 0 Å². The van der Waals surface area contributed by atoms with Gasteiger partial charge in [0.05, 0.1) is 6.61 Å². The SMILES string of the molecule is CC(C)(C)C(=O)CC1CCC(CCN2CCN(c3nccc4c3OCC4)CC2)CC1. The molecular weight excluding hydrogens is 374 g/mol. The van der Waals surface area contributed by atoms with Crippen LogP contribution in [-0.4, -0.2) is 55.0 Å². The van der Waals surface area contributed by atoms with Crippen molar-refractivity contribution in [2.24, 2.45) is 17.3 Å². The molecule has 1 aromatic rings. The van der Waals surface area contributed by atoms with Gasteiger partial charge in [0.1, 0.15) is 5.78 Å². The highest BCUT2D eigenvalue weighted by atomic mass is 16.5. The lowest BCUT2D eigenvalue weighted by molar-refractivity contribution is -0.127. The molecule has 2 aliphatic heterocycles. The molecule has 0 N–H and O–H groups in total. The van der Waals surface area contributed by atoms with Gasteiger partial charge in [0, 0.05) is 56.2 Å². The van der Waals surface area contributed by atoms with Crippen molar-refractivity contribution in [3.8, 4) is 5.75 Å². The van der Waals surface area contributed by atoms with Crippen LogP contribution >= 0.6 is 0 Å². The number of pyridine rings is 1. The van der Waals surface area contributed by atoms with Gasteiger partial charge in [0.15, 0.2) is 11.6 Å². The summed E-state index contributed by atoms with van der Waals surface area (Å²) in [6.07, 6.45) is 10.1. The molecule has 0 amide bonds. The minimum atomic E-state index is -0.180. The number of hydrogen-bond acceptors (Lipinski definition) is 5. The van der Waals surface area contributed by atoms with E-state index in [1.807, 2.05) is 6.20 Å². The molecule has 1 saturated heterocycles. The Hall–Kier alpha value is -1.62. The van der Waals surface area contributed by atoms with Crippen LogP contribution in [0.25, 0.3) is 0 Å². The van der Waals surface area contributed by atoms with Crippen molar-refractivity contribution in [2.45, 2.75) is 65.7 Å². The highest BCUT2D eigenvalue weighted by Gasteiger charge is 2.29. The Bertz CT molecular complexity index is 726. The molecule has 30 heavy (non-hydrogen) atoms. The van der Waals surface area contributed by atoms with Gasteiger partial charge in [-0.1, -0.05) is 33.6 Å². The summed E-state index contributed by atoms with van der Waals surface area (Å²) in [6, 6.07) is 2.09. The van der Waals surface area contributed by atoms with Gasteiger partial charge in [-0.25, -0.2) is 4.98 Å². The number of anilines is 1. The molecule has 2 fully saturated rings. The molecule has 3 aliphatic rings. The second-order valence-electron chi connectivity index (χ2n) is 10.6. The Morgan fingerprint density at radius 1 is 1.10 bits per heavy atom. The zero-order valence-electron chi connectivity index (χ0n) is 19.2. The van der Waals surface area contributed by atoms with Crippen molar-refractivity contribution >= 4 is 11.6 Å². The third kappa shape index (κ3) is 5.16. The quantitative estimate of drug-likeness (QED) is 0.694. The number of ether oxygens (including phenoxy) is 1. The van der Waals surface area contributed by atoms with E-state index in [2.05, 4.69) is 41.6 Å². The fourth-order valence-corrected chi connectivity index (χ4v) is 5.16. The number of Topliss-reactive ketones (excluding diaryl/α,β-unsaturated/α-hetero) is 1. The second-order valence-corrected chi connectivity index (χ2v) is 10.6. The van der Waals surface area contributed by atoms with Crippen LogP contribution in [0.1, 0.15) is 64.9 Å². The summed E-state index contributed by atoms with van der Waals surface area (Å²) >= 11 is 0. The molecule has 1 saturated carbocycles. The average Bonchev–Trinajstić information content (AvgIpc) is 3.22. The predicted octanol–water partition coefficient (Wildman–Crippen LogP) is 4.34. The normalized spacial score (nSPS) is 25.1. The maximum atomic E-state index is 12.3. The predicted molar refractivity (Wildman–Crippen MR) is 121 cm³/mol. The van der Waals surface area contributed by atoms with Gasteiger partial charge in [-0.05, 0) is 43.7 Å². The molecular formula is C25H39N3O2. The van der Waals surface area contributed by atoms with Gasteiger partial charge in [-0.2, -0.15) is 0 Å². The first-order valence-electron chi connectivity index (χ1n) is 12.0. The van der Waals surface area contributed by atoms with Gasteiger partial charge in [-0.15, -0.1) is 0 Å². The highest BCUT2D eigenvalue weighted by molar-refractivity contribution is 5.83. The third-order valence-electron chi connectivity index (χ3n) is 7.39. The number of aromatic nitrogens is 1. The number of rotatable bonds is 6. The summed E-state index contributed by atoms with van der Waals surface area (Å²) in [5.41, 5.74) is 1.13. The minimum absolute atomic E-state index is 0.180. The number of carbonyl (C=O) groups excluding carboxylic acids is 1. The number of piperazine rings is 1. The van der Waals surface area contributed by atoms with Crippen molar-refractivity contribution in [3.63, 3.8) is 0 Å². The zero-order valence-corrected chi connectivity index (χ0v) is 19.2. The van der Waals surface area contributed by atoms with E-state index >= 15 is 0 Å². The van der Waals surface area contributed by atoms with Crippen molar-refractivity contribution in [1.29, 1.82) is 0 Å². The molecule has 5 heteroatoms. The van der Waals surface area contributed by atoms with Crippen molar-refractivity contribution < 1.29 is 9.53 Å². The summed E-state index contributed by atoms with van der Waals surface area (Å²) in [4.78, 5) is 22.0. The van der Waals surface area contributed by atoms with Crippen molar-refractivity contribution in [3.05, 3.63) is 17.8 Å². The Morgan fingerprint density at radius 3 is 2.50 bits per heavy atom. The molecule has 0 bridgehead atoms. The molecule has 0 radical (unpaired) electrons. The van der Waals surface area contributed by atoms with E-state index in [0.29, 0.717) is 11.7 Å². The zero-order chi connectivity index (χ0) is 21.1. The monoisotopic (exact) mass is 413 g/mol. The van der Waals surface area contributed by atoms with Gasteiger partial charge >= 0.3 is 0 Å². The average molecular weight is 414 g/mol. The van der Waals surface area contributed by atoms with Crippen molar-refractivity contribution in [2.75, 3.05) is 44.2 Å². The summed E-state index contributed by atoms with van der Waals surface area (Å²) in [6.45, 7) is 12.4. The van der Waals surface area contributed by atoms with E-state index in [1.165, 1.54) is 44.2 Å². The summed E-state index contributed by atoms with van der Waals surface area (Å²) < 4.78 is 5.85. The number of fused-ring (bicyclic) bond motifs is 1. The van der Waals surface area contributed by atoms with E-state index in [9.17, 15) is 4.79 Å². The Kier molecular flexibility index (Phi) is 6.66. The van der Waals surface area contributed by atoms with Crippen LogP contribution in [0.2, 0.25) is 0 Å². The molecule has 0 aromatic carbocycles.